The lowest BCUT2D eigenvalue weighted by molar-refractivity contribution is -0.138. The zero-order valence-corrected chi connectivity index (χ0v) is 15.4. The highest BCUT2D eigenvalue weighted by atomic mass is 19.4. The van der Waals surface area contributed by atoms with Gasteiger partial charge in [0.05, 0.1) is 5.56 Å². The van der Waals surface area contributed by atoms with E-state index in [2.05, 4.69) is 30.9 Å². The molecule has 0 amide bonds. The minimum absolute atomic E-state index is 0.140. The SMILES string of the molecule is CCCN(C1CCc2cccc(C(F)(F)F)c2C1)C(C)c1ccccc1. The summed E-state index contributed by atoms with van der Waals surface area (Å²) >= 11 is 0. The molecule has 3 rings (SSSR count). The number of halogens is 3. The van der Waals surface area contributed by atoms with Crippen molar-refractivity contribution in [1.82, 2.24) is 4.90 Å². The summed E-state index contributed by atoms with van der Waals surface area (Å²) in [7, 11) is 0. The number of aryl methyl sites for hydroxylation is 1. The average Bonchev–Trinajstić information content (AvgIpc) is 2.64. The molecule has 1 aliphatic rings. The lowest BCUT2D eigenvalue weighted by Gasteiger charge is -2.40. The van der Waals surface area contributed by atoms with Crippen LogP contribution in [0.15, 0.2) is 48.5 Å². The van der Waals surface area contributed by atoms with E-state index in [0.717, 1.165) is 24.9 Å². The van der Waals surface area contributed by atoms with Crippen molar-refractivity contribution in [2.24, 2.45) is 0 Å². The summed E-state index contributed by atoms with van der Waals surface area (Å²) in [5, 5.41) is 0. The lowest BCUT2D eigenvalue weighted by atomic mass is 9.83. The van der Waals surface area contributed by atoms with E-state index in [-0.39, 0.29) is 12.1 Å². The van der Waals surface area contributed by atoms with Gasteiger partial charge in [0.15, 0.2) is 0 Å². The van der Waals surface area contributed by atoms with Crippen LogP contribution in [0, 0.1) is 0 Å². The number of hydrogen-bond acceptors (Lipinski definition) is 1. The highest BCUT2D eigenvalue weighted by molar-refractivity contribution is 5.39. The molecule has 4 heteroatoms. The van der Waals surface area contributed by atoms with Gasteiger partial charge in [-0.05, 0) is 61.9 Å². The van der Waals surface area contributed by atoms with E-state index in [4.69, 9.17) is 0 Å². The van der Waals surface area contributed by atoms with E-state index in [9.17, 15) is 13.2 Å². The van der Waals surface area contributed by atoms with E-state index in [0.29, 0.717) is 18.4 Å². The fourth-order valence-electron chi connectivity index (χ4n) is 4.19. The van der Waals surface area contributed by atoms with E-state index in [1.165, 1.54) is 11.6 Å². The molecule has 0 N–H and O–H groups in total. The van der Waals surface area contributed by atoms with Crippen molar-refractivity contribution in [1.29, 1.82) is 0 Å². The van der Waals surface area contributed by atoms with Crippen molar-refractivity contribution in [3.63, 3.8) is 0 Å². The molecule has 0 aromatic heterocycles. The molecular weight excluding hydrogens is 335 g/mol. The number of fused-ring (bicyclic) bond motifs is 1. The van der Waals surface area contributed by atoms with Crippen molar-refractivity contribution in [2.75, 3.05) is 6.54 Å². The lowest BCUT2D eigenvalue weighted by Crippen LogP contribution is -2.42. The Balaban J connectivity index is 1.90. The van der Waals surface area contributed by atoms with E-state index in [1.54, 1.807) is 6.07 Å². The van der Waals surface area contributed by atoms with Crippen LogP contribution >= 0.6 is 0 Å². The molecule has 0 aliphatic heterocycles. The van der Waals surface area contributed by atoms with Gasteiger partial charge in [-0.25, -0.2) is 0 Å². The molecule has 2 aromatic carbocycles. The van der Waals surface area contributed by atoms with Crippen molar-refractivity contribution >= 4 is 0 Å². The van der Waals surface area contributed by atoms with Crippen LogP contribution in [0.3, 0.4) is 0 Å². The Morgan fingerprint density at radius 3 is 2.46 bits per heavy atom. The molecule has 0 saturated heterocycles. The summed E-state index contributed by atoms with van der Waals surface area (Å²) in [5.74, 6) is 0. The van der Waals surface area contributed by atoms with Crippen molar-refractivity contribution in [2.45, 2.75) is 57.8 Å². The molecule has 2 unspecified atom stereocenters. The number of benzene rings is 2. The van der Waals surface area contributed by atoms with Crippen LogP contribution in [0.5, 0.6) is 0 Å². The van der Waals surface area contributed by atoms with Gasteiger partial charge in [-0.1, -0.05) is 49.4 Å². The Hall–Kier alpha value is -1.81. The number of alkyl halides is 3. The summed E-state index contributed by atoms with van der Waals surface area (Å²) in [6.07, 6.45) is -1.20. The second-order valence-corrected chi connectivity index (χ2v) is 7.16. The van der Waals surface area contributed by atoms with E-state index >= 15 is 0 Å². The third-order valence-electron chi connectivity index (χ3n) is 5.50. The van der Waals surface area contributed by atoms with Gasteiger partial charge in [-0.3, -0.25) is 4.90 Å². The molecular formula is C22H26F3N. The third kappa shape index (κ3) is 3.96. The van der Waals surface area contributed by atoms with Gasteiger partial charge in [0, 0.05) is 12.1 Å². The first-order chi connectivity index (χ1) is 12.4. The molecule has 0 bridgehead atoms. The monoisotopic (exact) mass is 361 g/mol. The van der Waals surface area contributed by atoms with Crippen LogP contribution < -0.4 is 0 Å². The highest BCUT2D eigenvalue weighted by Gasteiger charge is 2.37. The summed E-state index contributed by atoms with van der Waals surface area (Å²) in [6.45, 7) is 5.18. The predicted molar refractivity (Wildman–Crippen MR) is 99.1 cm³/mol. The van der Waals surface area contributed by atoms with Gasteiger partial charge in [-0.2, -0.15) is 13.2 Å². The molecule has 0 saturated carbocycles. The topological polar surface area (TPSA) is 3.24 Å². The first-order valence-corrected chi connectivity index (χ1v) is 9.40. The van der Waals surface area contributed by atoms with Crippen LogP contribution in [0.4, 0.5) is 13.2 Å². The molecule has 26 heavy (non-hydrogen) atoms. The molecule has 2 atom stereocenters. The maximum absolute atomic E-state index is 13.5. The van der Waals surface area contributed by atoms with Crippen LogP contribution in [-0.2, 0) is 19.0 Å². The Bertz CT molecular complexity index is 724. The van der Waals surface area contributed by atoms with Gasteiger partial charge < -0.3 is 0 Å². The normalized spacial score (nSPS) is 18.6. The summed E-state index contributed by atoms with van der Waals surface area (Å²) in [4.78, 5) is 2.39. The van der Waals surface area contributed by atoms with Crippen LogP contribution in [0.25, 0.3) is 0 Å². The molecule has 2 aromatic rings. The number of nitrogens with zero attached hydrogens (tertiary/aromatic N) is 1. The Morgan fingerprint density at radius 2 is 1.81 bits per heavy atom. The van der Waals surface area contributed by atoms with Crippen molar-refractivity contribution in [3.8, 4) is 0 Å². The molecule has 1 nitrogen and oxygen atoms in total. The first-order valence-electron chi connectivity index (χ1n) is 9.40. The third-order valence-corrected chi connectivity index (χ3v) is 5.50. The smallest absolute Gasteiger partial charge is 0.293 e. The van der Waals surface area contributed by atoms with Crippen molar-refractivity contribution in [3.05, 3.63) is 70.8 Å². The molecule has 0 radical (unpaired) electrons. The second kappa shape index (κ2) is 7.83. The summed E-state index contributed by atoms with van der Waals surface area (Å²) < 4.78 is 40.4. The number of hydrogen-bond donors (Lipinski definition) is 0. The largest absolute Gasteiger partial charge is 0.416 e. The minimum Gasteiger partial charge on any atom is -0.293 e. The quantitative estimate of drug-likeness (QED) is 0.628. The second-order valence-electron chi connectivity index (χ2n) is 7.16. The molecule has 0 heterocycles. The van der Waals surface area contributed by atoms with Gasteiger partial charge in [0.25, 0.3) is 0 Å². The first kappa shape index (κ1) is 19.0. The maximum Gasteiger partial charge on any atom is 0.416 e. The molecule has 140 valence electrons. The van der Waals surface area contributed by atoms with E-state index in [1.807, 2.05) is 24.3 Å². The van der Waals surface area contributed by atoms with Gasteiger partial charge >= 0.3 is 6.18 Å². The Kier molecular flexibility index (Phi) is 5.71. The fourth-order valence-corrected chi connectivity index (χ4v) is 4.19. The van der Waals surface area contributed by atoms with Crippen LogP contribution in [-0.4, -0.2) is 17.5 Å². The fraction of sp³-hybridized carbons (Fsp3) is 0.455. The predicted octanol–water partition coefficient (Wildman–Crippen LogP) is 6.04. The maximum atomic E-state index is 13.5. The van der Waals surface area contributed by atoms with Crippen LogP contribution in [0.1, 0.15) is 55.0 Å². The standard InChI is InChI=1S/C22H26F3N/c1-3-14-26(16(2)17-8-5-4-6-9-17)19-13-12-18-10-7-11-21(20(18)15-19)22(23,24)25/h4-11,16,19H,3,12-15H2,1-2H3. The zero-order chi connectivity index (χ0) is 18.7. The molecule has 0 fully saturated rings. The van der Waals surface area contributed by atoms with Crippen molar-refractivity contribution < 1.29 is 13.2 Å². The Labute approximate surface area is 153 Å². The summed E-state index contributed by atoms with van der Waals surface area (Å²) in [6, 6.07) is 15.2. The number of rotatable bonds is 5. The highest BCUT2D eigenvalue weighted by Crippen LogP contribution is 2.38. The van der Waals surface area contributed by atoms with Gasteiger partial charge in [-0.15, -0.1) is 0 Å². The Morgan fingerprint density at radius 1 is 1.08 bits per heavy atom. The van der Waals surface area contributed by atoms with Gasteiger partial charge in [0.1, 0.15) is 0 Å². The van der Waals surface area contributed by atoms with Gasteiger partial charge in [0.2, 0.25) is 0 Å². The zero-order valence-electron chi connectivity index (χ0n) is 15.4. The summed E-state index contributed by atoms with van der Waals surface area (Å²) in [5.41, 5.74) is 2.12. The van der Waals surface area contributed by atoms with E-state index < -0.39 is 11.7 Å². The minimum atomic E-state index is -4.28. The molecule has 1 aliphatic carbocycles. The molecule has 0 spiro atoms. The average molecular weight is 361 g/mol. The van der Waals surface area contributed by atoms with Crippen LogP contribution in [0.2, 0.25) is 0 Å².